The van der Waals surface area contributed by atoms with E-state index in [-0.39, 0.29) is 6.04 Å². The molecule has 1 fully saturated rings. The van der Waals surface area contributed by atoms with Gasteiger partial charge in [0.1, 0.15) is 0 Å². The van der Waals surface area contributed by atoms with Gasteiger partial charge in [-0.05, 0) is 43.5 Å². The fourth-order valence-corrected chi connectivity index (χ4v) is 3.37. The van der Waals surface area contributed by atoms with Crippen LogP contribution in [-0.4, -0.2) is 25.8 Å². The molecule has 16 heavy (non-hydrogen) atoms. The Kier molecular flexibility index (Phi) is 2.67. The Balaban J connectivity index is 2.42. The lowest BCUT2D eigenvalue weighted by Crippen LogP contribution is -2.29. The minimum Gasteiger partial charge on any atom is -0.399 e. The molecule has 0 amide bonds. The third-order valence-electron chi connectivity index (χ3n) is 2.92. The van der Waals surface area contributed by atoms with Gasteiger partial charge < -0.3 is 5.73 Å². The summed E-state index contributed by atoms with van der Waals surface area (Å²) in [5.41, 5.74) is 6.90. The van der Waals surface area contributed by atoms with Gasteiger partial charge in [0.05, 0.1) is 4.90 Å². The third kappa shape index (κ3) is 1.92. The van der Waals surface area contributed by atoms with Gasteiger partial charge in [-0.15, -0.1) is 0 Å². The molecule has 1 aliphatic carbocycles. The van der Waals surface area contributed by atoms with Gasteiger partial charge >= 0.3 is 0 Å². The van der Waals surface area contributed by atoms with E-state index in [1.54, 1.807) is 32.2 Å². The van der Waals surface area contributed by atoms with Crippen molar-refractivity contribution in [3.05, 3.63) is 23.8 Å². The summed E-state index contributed by atoms with van der Waals surface area (Å²) in [5.74, 6) is 0. The maximum absolute atomic E-state index is 12.2. The molecule has 5 heteroatoms. The third-order valence-corrected chi connectivity index (χ3v) is 4.99. The lowest BCUT2D eigenvalue weighted by Gasteiger charge is -2.17. The van der Waals surface area contributed by atoms with E-state index in [1.807, 2.05) is 0 Å². The van der Waals surface area contributed by atoms with Crippen molar-refractivity contribution < 1.29 is 8.42 Å². The van der Waals surface area contributed by atoms with Gasteiger partial charge in [-0.1, -0.05) is 0 Å². The molecule has 2 N–H and O–H groups in total. The van der Waals surface area contributed by atoms with E-state index in [2.05, 4.69) is 0 Å². The maximum Gasteiger partial charge on any atom is 0.243 e. The number of nitrogens with zero attached hydrogens (tertiary/aromatic N) is 1. The first-order valence-corrected chi connectivity index (χ1v) is 6.71. The van der Waals surface area contributed by atoms with Crippen LogP contribution in [0.5, 0.6) is 0 Å². The highest BCUT2D eigenvalue weighted by Crippen LogP contribution is 2.31. The van der Waals surface area contributed by atoms with Gasteiger partial charge in [0.2, 0.25) is 10.0 Å². The van der Waals surface area contributed by atoms with Crippen LogP contribution in [0.2, 0.25) is 0 Å². The highest BCUT2D eigenvalue weighted by Gasteiger charge is 2.35. The smallest absolute Gasteiger partial charge is 0.243 e. The molecule has 0 radical (unpaired) electrons. The van der Waals surface area contributed by atoms with Crippen molar-refractivity contribution in [2.45, 2.75) is 30.7 Å². The van der Waals surface area contributed by atoms with E-state index in [9.17, 15) is 8.42 Å². The van der Waals surface area contributed by atoms with E-state index in [4.69, 9.17) is 5.73 Å². The quantitative estimate of drug-likeness (QED) is 0.811. The number of hydrogen-bond acceptors (Lipinski definition) is 3. The van der Waals surface area contributed by atoms with Crippen molar-refractivity contribution in [2.24, 2.45) is 0 Å². The van der Waals surface area contributed by atoms with Crippen molar-refractivity contribution in [1.29, 1.82) is 0 Å². The van der Waals surface area contributed by atoms with Gasteiger partial charge in [-0.2, -0.15) is 4.31 Å². The second-order valence-electron chi connectivity index (χ2n) is 4.28. The predicted octanol–water partition coefficient (Wildman–Crippen LogP) is 1.36. The summed E-state index contributed by atoms with van der Waals surface area (Å²) < 4.78 is 25.9. The first-order valence-electron chi connectivity index (χ1n) is 5.27. The van der Waals surface area contributed by atoms with Crippen LogP contribution in [0.15, 0.2) is 23.1 Å². The van der Waals surface area contributed by atoms with Crippen molar-refractivity contribution in [3.63, 3.8) is 0 Å². The van der Waals surface area contributed by atoms with Gasteiger partial charge in [0.25, 0.3) is 0 Å². The van der Waals surface area contributed by atoms with Crippen molar-refractivity contribution in [3.8, 4) is 0 Å². The number of rotatable bonds is 3. The van der Waals surface area contributed by atoms with E-state index < -0.39 is 10.0 Å². The van der Waals surface area contributed by atoms with E-state index >= 15 is 0 Å². The zero-order chi connectivity index (χ0) is 11.9. The van der Waals surface area contributed by atoms with Crippen LogP contribution in [-0.2, 0) is 10.0 Å². The molecule has 1 aliphatic rings. The maximum atomic E-state index is 12.2. The molecule has 1 aromatic carbocycles. The molecule has 1 saturated carbocycles. The number of nitrogens with two attached hydrogens (primary N) is 1. The normalized spacial score (nSPS) is 16.7. The van der Waals surface area contributed by atoms with Crippen LogP contribution in [0.4, 0.5) is 5.69 Å². The molecule has 88 valence electrons. The Morgan fingerprint density at radius 2 is 2.00 bits per heavy atom. The molecule has 0 saturated heterocycles. The molecule has 2 rings (SSSR count). The van der Waals surface area contributed by atoms with Gasteiger partial charge in [0, 0.05) is 18.8 Å². The number of sulfonamides is 1. The zero-order valence-corrected chi connectivity index (χ0v) is 10.3. The first kappa shape index (κ1) is 11.4. The molecule has 0 bridgehead atoms. The summed E-state index contributed by atoms with van der Waals surface area (Å²) in [6, 6.07) is 5.08. The number of benzene rings is 1. The Morgan fingerprint density at radius 1 is 1.38 bits per heavy atom. The van der Waals surface area contributed by atoms with Gasteiger partial charge in [0.15, 0.2) is 0 Å². The van der Waals surface area contributed by atoms with E-state index in [0.717, 1.165) is 12.8 Å². The van der Waals surface area contributed by atoms with Crippen molar-refractivity contribution in [1.82, 2.24) is 4.31 Å². The molecule has 0 spiro atoms. The number of hydrogen-bond donors (Lipinski definition) is 1. The molecule has 0 unspecified atom stereocenters. The largest absolute Gasteiger partial charge is 0.399 e. The number of aryl methyl sites for hydroxylation is 1. The second-order valence-corrected chi connectivity index (χ2v) is 6.24. The molecule has 0 atom stereocenters. The van der Waals surface area contributed by atoms with Crippen molar-refractivity contribution in [2.75, 3.05) is 12.8 Å². The first-order chi connectivity index (χ1) is 7.43. The summed E-state index contributed by atoms with van der Waals surface area (Å²) in [7, 11) is -1.70. The topological polar surface area (TPSA) is 63.4 Å². The van der Waals surface area contributed by atoms with Crippen LogP contribution in [0.1, 0.15) is 18.4 Å². The summed E-state index contributed by atoms with van der Waals surface area (Å²) in [6.07, 6.45) is 1.92. The lowest BCUT2D eigenvalue weighted by molar-refractivity contribution is 0.464. The fraction of sp³-hybridized carbons (Fsp3) is 0.455. The molecule has 0 aliphatic heterocycles. The summed E-state index contributed by atoms with van der Waals surface area (Å²) in [5, 5.41) is 0. The van der Waals surface area contributed by atoms with Gasteiger partial charge in [-0.3, -0.25) is 0 Å². The van der Waals surface area contributed by atoms with E-state index in [1.165, 1.54) is 4.31 Å². The second kappa shape index (κ2) is 3.75. The highest BCUT2D eigenvalue weighted by atomic mass is 32.2. The van der Waals surface area contributed by atoms with E-state index in [0.29, 0.717) is 16.1 Å². The van der Waals surface area contributed by atoms with Crippen LogP contribution < -0.4 is 5.73 Å². The Labute approximate surface area is 96.1 Å². The number of nitrogen functional groups attached to an aromatic ring is 1. The Bertz CT molecular complexity index is 507. The van der Waals surface area contributed by atoms with Crippen LogP contribution in [0.3, 0.4) is 0 Å². The van der Waals surface area contributed by atoms with Crippen molar-refractivity contribution >= 4 is 15.7 Å². The van der Waals surface area contributed by atoms with Crippen LogP contribution in [0, 0.1) is 6.92 Å². The minimum atomic E-state index is -3.35. The van der Waals surface area contributed by atoms with Gasteiger partial charge in [-0.25, -0.2) is 8.42 Å². The molecular weight excluding hydrogens is 224 g/mol. The van der Waals surface area contributed by atoms with Crippen LogP contribution in [0.25, 0.3) is 0 Å². The average molecular weight is 240 g/mol. The highest BCUT2D eigenvalue weighted by molar-refractivity contribution is 7.89. The standard InChI is InChI=1S/C11H16N2O2S/c1-8-7-9(12)3-6-11(8)16(14,15)13(2)10-4-5-10/h3,6-7,10H,4-5,12H2,1-2H3. The fourth-order valence-electron chi connectivity index (χ4n) is 1.75. The molecule has 0 aromatic heterocycles. The summed E-state index contributed by atoms with van der Waals surface area (Å²) in [6.45, 7) is 1.77. The Morgan fingerprint density at radius 3 is 2.50 bits per heavy atom. The molecule has 1 aromatic rings. The SMILES string of the molecule is Cc1cc(N)ccc1S(=O)(=O)N(C)C1CC1. The average Bonchev–Trinajstić information content (AvgIpc) is 2.98. The summed E-state index contributed by atoms with van der Waals surface area (Å²) in [4.78, 5) is 0.358. The summed E-state index contributed by atoms with van der Waals surface area (Å²) >= 11 is 0. The molecule has 0 heterocycles. The lowest BCUT2D eigenvalue weighted by atomic mass is 10.2. The molecular formula is C11H16N2O2S. The number of anilines is 1. The molecule has 4 nitrogen and oxygen atoms in total. The minimum absolute atomic E-state index is 0.182. The van der Waals surface area contributed by atoms with Crippen LogP contribution >= 0.6 is 0 Å². The monoisotopic (exact) mass is 240 g/mol. The zero-order valence-electron chi connectivity index (χ0n) is 9.47. The Hall–Kier alpha value is -1.07. The predicted molar refractivity (Wildman–Crippen MR) is 63.6 cm³/mol.